The molecule has 2 heterocycles. The number of carbonyl (C=O) groups is 3. The number of halogens is 1. The SMILES string of the molecule is C[C@@H]1CN(C(=O)c2ccc(-n3cccn3)cc2Cl)c2ccccc2CN1C(=O)NCC(=O)N(CCO)CCO. The first-order valence-electron chi connectivity index (χ1n) is 12.6. The van der Waals surface area contributed by atoms with Crippen LogP contribution in [0.2, 0.25) is 5.02 Å². The smallest absolute Gasteiger partial charge is 0.318 e. The van der Waals surface area contributed by atoms with Crippen molar-refractivity contribution in [3.63, 3.8) is 0 Å². The van der Waals surface area contributed by atoms with Gasteiger partial charge < -0.3 is 30.2 Å². The number of hydrogen-bond acceptors (Lipinski definition) is 6. The fourth-order valence-corrected chi connectivity index (χ4v) is 4.78. The highest BCUT2D eigenvalue weighted by Gasteiger charge is 2.32. The standard InChI is InChI=1S/C27H31ClN6O5/c1-19-17-33(26(38)22-8-7-21(15-23(22)28)34-10-4-9-30-34)24-6-3-2-5-20(24)18-32(19)27(39)29-16-25(37)31(11-13-35)12-14-36/h2-10,15,19,35-36H,11-14,16-18H2,1H3,(H,29,39)/t19-/m1/s1. The molecule has 0 unspecified atom stereocenters. The molecule has 1 aromatic heterocycles. The number of hydrogen-bond donors (Lipinski definition) is 3. The maximum absolute atomic E-state index is 13.8. The Morgan fingerprint density at radius 1 is 1.10 bits per heavy atom. The minimum absolute atomic E-state index is 0.0608. The van der Waals surface area contributed by atoms with Gasteiger partial charge in [-0.2, -0.15) is 5.10 Å². The van der Waals surface area contributed by atoms with E-state index >= 15 is 0 Å². The Labute approximate surface area is 231 Å². The molecule has 0 saturated heterocycles. The van der Waals surface area contributed by atoms with Gasteiger partial charge in [-0.25, -0.2) is 9.48 Å². The normalized spacial score (nSPS) is 14.9. The van der Waals surface area contributed by atoms with Gasteiger partial charge in [0.15, 0.2) is 0 Å². The molecule has 12 heteroatoms. The van der Waals surface area contributed by atoms with E-state index in [1.54, 1.807) is 51.1 Å². The number of para-hydroxylation sites is 1. The van der Waals surface area contributed by atoms with Crippen LogP contribution in [0.3, 0.4) is 0 Å². The average Bonchev–Trinajstić information content (AvgIpc) is 3.43. The summed E-state index contributed by atoms with van der Waals surface area (Å²) in [5.41, 5.74) is 2.49. The quantitative estimate of drug-likeness (QED) is 0.390. The monoisotopic (exact) mass is 554 g/mol. The van der Waals surface area contributed by atoms with Crippen LogP contribution in [0.5, 0.6) is 0 Å². The van der Waals surface area contributed by atoms with Gasteiger partial charge in [0, 0.05) is 50.3 Å². The van der Waals surface area contributed by atoms with E-state index in [-0.39, 0.29) is 56.9 Å². The van der Waals surface area contributed by atoms with E-state index in [1.807, 2.05) is 31.2 Å². The third-order valence-electron chi connectivity index (χ3n) is 6.54. The molecule has 0 spiro atoms. The first kappa shape index (κ1) is 28.1. The molecule has 1 aliphatic rings. The van der Waals surface area contributed by atoms with Gasteiger partial charge in [-0.3, -0.25) is 9.59 Å². The Morgan fingerprint density at radius 3 is 2.51 bits per heavy atom. The van der Waals surface area contributed by atoms with E-state index in [9.17, 15) is 14.4 Å². The number of rotatable bonds is 8. The fourth-order valence-electron chi connectivity index (χ4n) is 4.53. The van der Waals surface area contributed by atoms with Crippen molar-refractivity contribution >= 4 is 35.1 Å². The third-order valence-corrected chi connectivity index (χ3v) is 6.86. The molecule has 0 fully saturated rings. The highest BCUT2D eigenvalue weighted by atomic mass is 35.5. The number of urea groups is 1. The van der Waals surface area contributed by atoms with Gasteiger partial charge in [-0.15, -0.1) is 0 Å². The highest BCUT2D eigenvalue weighted by Crippen LogP contribution is 2.30. The number of fused-ring (bicyclic) bond motifs is 1. The third kappa shape index (κ3) is 6.39. The topological polar surface area (TPSA) is 131 Å². The summed E-state index contributed by atoms with van der Waals surface area (Å²) >= 11 is 6.55. The summed E-state index contributed by atoms with van der Waals surface area (Å²) in [6.07, 6.45) is 3.43. The van der Waals surface area contributed by atoms with Gasteiger partial charge in [0.05, 0.1) is 36.0 Å². The zero-order chi connectivity index (χ0) is 27.9. The average molecular weight is 555 g/mol. The van der Waals surface area contributed by atoms with Gasteiger partial charge >= 0.3 is 6.03 Å². The summed E-state index contributed by atoms with van der Waals surface area (Å²) in [6.45, 7) is 1.60. The summed E-state index contributed by atoms with van der Waals surface area (Å²) in [5, 5.41) is 25.4. The molecule has 4 amide bonds. The van der Waals surface area contributed by atoms with Crippen molar-refractivity contribution in [2.24, 2.45) is 0 Å². The molecule has 0 bridgehead atoms. The molecule has 0 saturated carbocycles. The molecule has 11 nitrogen and oxygen atoms in total. The van der Waals surface area contributed by atoms with Crippen LogP contribution in [0.4, 0.5) is 10.5 Å². The number of amides is 4. The van der Waals surface area contributed by atoms with Gasteiger partial charge in [0.25, 0.3) is 5.91 Å². The van der Waals surface area contributed by atoms with E-state index in [4.69, 9.17) is 21.8 Å². The second-order valence-corrected chi connectivity index (χ2v) is 9.53. The molecule has 2 aromatic carbocycles. The lowest BCUT2D eigenvalue weighted by Gasteiger charge is -2.30. The van der Waals surface area contributed by atoms with E-state index in [0.29, 0.717) is 11.3 Å². The van der Waals surface area contributed by atoms with E-state index in [1.165, 1.54) is 4.90 Å². The van der Waals surface area contributed by atoms with Crippen LogP contribution in [0, 0.1) is 0 Å². The number of aromatic nitrogens is 2. The lowest BCUT2D eigenvalue weighted by Crippen LogP contribution is -2.50. The molecule has 0 aliphatic carbocycles. The molecule has 4 rings (SSSR count). The van der Waals surface area contributed by atoms with Crippen molar-refractivity contribution in [3.05, 3.63) is 77.1 Å². The van der Waals surface area contributed by atoms with E-state index in [2.05, 4.69) is 10.4 Å². The summed E-state index contributed by atoms with van der Waals surface area (Å²) in [7, 11) is 0. The summed E-state index contributed by atoms with van der Waals surface area (Å²) in [6, 6.07) is 13.4. The van der Waals surface area contributed by atoms with Gasteiger partial charge in [0.1, 0.15) is 0 Å². The lowest BCUT2D eigenvalue weighted by molar-refractivity contribution is -0.131. The minimum Gasteiger partial charge on any atom is -0.395 e. The van der Waals surface area contributed by atoms with Crippen molar-refractivity contribution in [2.45, 2.75) is 19.5 Å². The number of aliphatic hydroxyl groups is 2. The number of carbonyl (C=O) groups excluding carboxylic acids is 3. The maximum atomic E-state index is 13.8. The predicted molar refractivity (Wildman–Crippen MR) is 146 cm³/mol. The zero-order valence-corrected chi connectivity index (χ0v) is 22.3. The Kier molecular flexibility index (Phi) is 9.18. The Morgan fingerprint density at radius 2 is 1.85 bits per heavy atom. The first-order valence-corrected chi connectivity index (χ1v) is 12.9. The number of benzene rings is 2. The van der Waals surface area contributed by atoms with Gasteiger partial charge in [0.2, 0.25) is 5.91 Å². The van der Waals surface area contributed by atoms with Crippen LogP contribution in [0.1, 0.15) is 22.8 Å². The largest absolute Gasteiger partial charge is 0.395 e. The van der Waals surface area contributed by atoms with E-state index < -0.39 is 18.0 Å². The van der Waals surface area contributed by atoms with Crippen LogP contribution < -0.4 is 10.2 Å². The summed E-state index contributed by atoms with van der Waals surface area (Å²) < 4.78 is 1.65. The van der Waals surface area contributed by atoms with Crippen LogP contribution in [-0.4, -0.2) is 93.1 Å². The van der Waals surface area contributed by atoms with Crippen molar-refractivity contribution in [2.75, 3.05) is 44.3 Å². The predicted octanol–water partition coefficient (Wildman–Crippen LogP) is 1.90. The maximum Gasteiger partial charge on any atom is 0.318 e. The number of nitrogens with one attached hydrogen (secondary N) is 1. The molecule has 3 aromatic rings. The Hall–Kier alpha value is -3.93. The first-order chi connectivity index (χ1) is 18.8. The summed E-state index contributed by atoms with van der Waals surface area (Å²) in [4.78, 5) is 43.9. The van der Waals surface area contributed by atoms with Crippen LogP contribution in [0.25, 0.3) is 5.69 Å². The number of nitrogens with zero attached hydrogens (tertiary/aromatic N) is 5. The van der Waals surface area contributed by atoms with Gasteiger partial charge in [-0.05, 0) is 42.8 Å². The highest BCUT2D eigenvalue weighted by molar-refractivity contribution is 6.34. The van der Waals surface area contributed by atoms with E-state index in [0.717, 1.165) is 11.3 Å². The molecule has 1 atom stereocenters. The number of anilines is 1. The van der Waals surface area contributed by atoms with Crippen molar-refractivity contribution < 1.29 is 24.6 Å². The number of aliphatic hydroxyl groups excluding tert-OH is 2. The molecule has 3 N–H and O–H groups in total. The second-order valence-electron chi connectivity index (χ2n) is 9.12. The van der Waals surface area contributed by atoms with Crippen molar-refractivity contribution in [3.8, 4) is 5.69 Å². The Balaban J connectivity index is 1.53. The van der Waals surface area contributed by atoms with Crippen LogP contribution >= 0.6 is 11.6 Å². The second kappa shape index (κ2) is 12.7. The Bertz CT molecular complexity index is 1310. The minimum atomic E-state index is -0.463. The fraction of sp³-hybridized carbons (Fsp3) is 0.333. The van der Waals surface area contributed by atoms with Crippen molar-refractivity contribution in [1.29, 1.82) is 0 Å². The van der Waals surface area contributed by atoms with Crippen LogP contribution in [-0.2, 0) is 11.3 Å². The van der Waals surface area contributed by atoms with Crippen molar-refractivity contribution in [1.82, 2.24) is 24.9 Å². The van der Waals surface area contributed by atoms with Gasteiger partial charge in [-0.1, -0.05) is 29.8 Å². The lowest BCUT2D eigenvalue weighted by atomic mass is 10.1. The molecule has 1 aliphatic heterocycles. The molecule has 39 heavy (non-hydrogen) atoms. The molecular weight excluding hydrogens is 524 g/mol. The molecular formula is C27H31ClN6O5. The van der Waals surface area contributed by atoms with Crippen LogP contribution in [0.15, 0.2) is 60.9 Å². The summed E-state index contributed by atoms with van der Waals surface area (Å²) in [5.74, 6) is -0.716. The molecule has 0 radical (unpaired) electrons. The zero-order valence-electron chi connectivity index (χ0n) is 21.5. The molecule has 206 valence electrons.